The molecule has 0 heterocycles. The predicted molar refractivity (Wildman–Crippen MR) is 58.0 cm³/mol. The van der Waals surface area contributed by atoms with Crippen LogP contribution in [0.1, 0.15) is 6.92 Å². The van der Waals surface area contributed by atoms with Gasteiger partial charge >= 0.3 is 12.0 Å². The third-order valence-corrected chi connectivity index (χ3v) is 1.47. The molecule has 98 valence electrons. The number of nitrogens with two attached hydrogens (primary N) is 1. The van der Waals surface area contributed by atoms with E-state index in [9.17, 15) is 14.4 Å². The number of nitrogens with one attached hydrogen (secondary N) is 2. The van der Waals surface area contributed by atoms with E-state index in [2.05, 4.69) is 15.4 Å². The van der Waals surface area contributed by atoms with Gasteiger partial charge in [-0.25, -0.2) is 4.79 Å². The molecule has 3 amide bonds. The molecule has 0 saturated heterocycles. The normalized spacial score (nSPS) is 9.47. The number of carbonyl (C=O) groups excluding carboxylic acids is 3. The third kappa shape index (κ3) is 10.5. The second-order valence-electron chi connectivity index (χ2n) is 2.93. The largest absolute Gasteiger partial charge is 0.465 e. The van der Waals surface area contributed by atoms with Crippen LogP contribution in [-0.4, -0.2) is 50.8 Å². The van der Waals surface area contributed by atoms with E-state index in [-0.39, 0.29) is 32.9 Å². The van der Waals surface area contributed by atoms with Gasteiger partial charge in [0.05, 0.1) is 13.2 Å². The number of hydrogen-bond acceptors (Lipinski definition) is 5. The predicted octanol–water partition coefficient (Wildman–Crippen LogP) is -1.65. The van der Waals surface area contributed by atoms with Gasteiger partial charge in [-0.05, 0) is 6.92 Å². The number of amides is 3. The zero-order valence-corrected chi connectivity index (χ0v) is 9.65. The Bertz CT molecular complexity index is 269. The van der Waals surface area contributed by atoms with Crippen LogP contribution in [0.3, 0.4) is 0 Å². The molecular weight excluding hydrogens is 230 g/mol. The van der Waals surface area contributed by atoms with Crippen LogP contribution in [0.2, 0.25) is 0 Å². The first-order valence-corrected chi connectivity index (χ1v) is 5.09. The van der Waals surface area contributed by atoms with Gasteiger partial charge in [0.2, 0.25) is 5.91 Å². The number of esters is 1. The molecule has 0 aromatic heterocycles. The molecule has 8 heteroatoms. The molecule has 0 aliphatic rings. The van der Waals surface area contributed by atoms with Crippen molar-refractivity contribution >= 4 is 17.9 Å². The van der Waals surface area contributed by atoms with Crippen molar-refractivity contribution in [3.05, 3.63) is 0 Å². The average Bonchev–Trinajstić information content (AvgIpc) is 2.26. The highest BCUT2D eigenvalue weighted by Gasteiger charge is 2.04. The molecule has 0 unspecified atom stereocenters. The van der Waals surface area contributed by atoms with Gasteiger partial charge in [0.25, 0.3) is 0 Å². The Morgan fingerprint density at radius 1 is 1.24 bits per heavy atom. The van der Waals surface area contributed by atoms with E-state index in [0.717, 1.165) is 0 Å². The molecule has 0 aromatic carbocycles. The highest BCUT2D eigenvalue weighted by Crippen LogP contribution is 1.76. The lowest BCUT2D eigenvalue weighted by Crippen LogP contribution is -2.40. The summed E-state index contributed by atoms with van der Waals surface area (Å²) in [6, 6.07) is -0.513. The number of urea groups is 1. The van der Waals surface area contributed by atoms with Gasteiger partial charge < -0.3 is 25.8 Å². The van der Waals surface area contributed by atoms with Gasteiger partial charge in [-0.3, -0.25) is 9.59 Å². The Labute approximate surface area is 98.8 Å². The number of primary amides is 1. The van der Waals surface area contributed by atoms with Crippen molar-refractivity contribution in [2.45, 2.75) is 6.92 Å². The van der Waals surface area contributed by atoms with Crippen LogP contribution in [-0.2, 0) is 19.1 Å². The molecule has 4 N–H and O–H groups in total. The fourth-order valence-corrected chi connectivity index (χ4v) is 0.836. The summed E-state index contributed by atoms with van der Waals surface area (Å²) in [5, 5.41) is 4.71. The maximum absolute atomic E-state index is 11.1. The lowest BCUT2D eigenvalue weighted by Gasteiger charge is -2.07. The number of hydrogen-bond donors (Lipinski definition) is 3. The first kappa shape index (κ1) is 15.2. The summed E-state index contributed by atoms with van der Waals surface area (Å²) in [6.07, 6.45) is 0. The highest BCUT2D eigenvalue weighted by atomic mass is 16.5. The molecule has 0 aliphatic carbocycles. The molecular formula is C9H17N3O5. The third-order valence-electron chi connectivity index (χ3n) is 1.47. The molecule has 0 spiro atoms. The molecule has 0 bridgehead atoms. The number of carbonyl (C=O) groups is 3. The van der Waals surface area contributed by atoms with Crippen LogP contribution in [0.25, 0.3) is 0 Å². The van der Waals surface area contributed by atoms with Gasteiger partial charge in [0, 0.05) is 6.54 Å². The molecule has 0 fully saturated rings. The highest BCUT2D eigenvalue weighted by molar-refractivity contribution is 5.80. The molecule has 8 nitrogen and oxygen atoms in total. The van der Waals surface area contributed by atoms with Gasteiger partial charge in [-0.2, -0.15) is 0 Å². The summed E-state index contributed by atoms with van der Waals surface area (Å²) < 4.78 is 9.41. The quantitative estimate of drug-likeness (QED) is 0.350. The van der Waals surface area contributed by atoms with Gasteiger partial charge in [-0.1, -0.05) is 0 Å². The molecule has 0 radical (unpaired) electrons. The number of ether oxygens (including phenoxy) is 2. The maximum atomic E-state index is 11.1. The van der Waals surface area contributed by atoms with Gasteiger partial charge in [0.15, 0.2) is 0 Å². The minimum absolute atomic E-state index is 0.162. The van der Waals surface area contributed by atoms with Crippen LogP contribution < -0.4 is 16.4 Å². The second-order valence-corrected chi connectivity index (χ2v) is 2.93. The SMILES string of the molecule is CCOC(=O)CNC(=O)NCCOCC(N)=O. The Balaban J connectivity index is 3.40. The Morgan fingerprint density at radius 3 is 2.53 bits per heavy atom. The molecule has 0 saturated carbocycles. The van der Waals surface area contributed by atoms with Crippen LogP contribution in [0.15, 0.2) is 0 Å². The summed E-state index contributed by atoms with van der Waals surface area (Å²) >= 11 is 0. The summed E-state index contributed by atoms with van der Waals surface area (Å²) in [5.74, 6) is -1.08. The number of rotatable bonds is 8. The average molecular weight is 247 g/mol. The van der Waals surface area contributed by atoms with Crippen LogP contribution in [0.5, 0.6) is 0 Å². The Kier molecular flexibility index (Phi) is 8.39. The van der Waals surface area contributed by atoms with Crippen molar-refractivity contribution in [3.8, 4) is 0 Å². The van der Waals surface area contributed by atoms with Crippen molar-refractivity contribution in [1.82, 2.24) is 10.6 Å². The standard InChI is InChI=1S/C9H17N3O5/c1-2-17-8(14)5-12-9(15)11-3-4-16-6-7(10)13/h2-6H2,1H3,(H2,10,13)(H2,11,12,15). The summed E-state index contributed by atoms with van der Waals surface area (Å²) in [6.45, 7) is 1.93. The van der Waals surface area contributed by atoms with Crippen molar-refractivity contribution in [1.29, 1.82) is 0 Å². The fraction of sp³-hybridized carbons (Fsp3) is 0.667. The van der Waals surface area contributed by atoms with Crippen LogP contribution in [0, 0.1) is 0 Å². The molecule has 17 heavy (non-hydrogen) atoms. The van der Waals surface area contributed by atoms with E-state index in [1.54, 1.807) is 6.92 Å². The maximum Gasteiger partial charge on any atom is 0.325 e. The van der Waals surface area contributed by atoms with Crippen molar-refractivity contribution in [2.75, 3.05) is 32.9 Å². The molecule has 0 atom stereocenters. The second kappa shape index (κ2) is 9.40. The van der Waals surface area contributed by atoms with Crippen molar-refractivity contribution in [3.63, 3.8) is 0 Å². The monoisotopic (exact) mass is 247 g/mol. The van der Waals surface area contributed by atoms with E-state index in [1.165, 1.54) is 0 Å². The Hall–Kier alpha value is -1.83. The lowest BCUT2D eigenvalue weighted by atomic mass is 10.6. The van der Waals surface area contributed by atoms with E-state index in [4.69, 9.17) is 10.5 Å². The van der Waals surface area contributed by atoms with E-state index >= 15 is 0 Å². The van der Waals surface area contributed by atoms with Crippen LogP contribution >= 0.6 is 0 Å². The van der Waals surface area contributed by atoms with Crippen molar-refractivity contribution in [2.24, 2.45) is 5.73 Å². The zero-order chi connectivity index (χ0) is 13.1. The van der Waals surface area contributed by atoms with E-state index in [0.29, 0.717) is 0 Å². The summed E-state index contributed by atoms with van der Waals surface area (Å²) in [5.41, 5.74) is 4.83. The minimum Gasteiger partial charge on any atom is -0.465 e. The molecule has 0 rings (SSSR count). The van der Waals surface area contributed by atoms with Crippen molar-refractivity contribution < 1.29 is 23.9 Å². The van der Waals surface area contributed by atoms with E-state index in [1.807, 2.05) is 0 Å². The van der Waals surface area contributed by atoms with Gasteiger partial charge in [0.1, 0.15) is 13.2 Å². The Morgan fingerprint density at radius 2 is 1.94 bits per heavy atom. The molecule has 0 aliphatic heterocycles. The lowest BCUT2D eigenvalue weighted by molar-refractivity contribution is -0.141. The minimum atomic E-state index is -0.572. The van der Waals surface area contributed by atoms with E-state index < -0.39 is 17.9 Å². The summed E-state index contributed by atoms with van der Waals surface area (Å²) in [4.78, 5) is 32.2. The topological polar surface area (TPSA) is 120 Å². The molecule has 0 aromatic rings. The zero-order valence-electron chi connectivity index (χ0n) is 9.65. The first-order chi connectivity index (χ1) is 8.06. The summed E-state index contributed by atoms with van der Waals surface area (Å²) in [7, 11) is 0. The van der Waals surface area contributed by atoms with Crippen LogP contribution in [0.4, 0.5) is 4.79 Å². The fourth-order valence-electron chi connectivity index (χ4n) is 0.836. The first-order valence-electron chi connectivity index (χ1n) is 5.09. The smallest absolute Gasteiger partial charge is 0.325 e. The van der Waals surface area contributed by atoms with Gasteiger partial charge in [-0.15, -0.1) is 0 Å².